The summed E-state index contributed by atoms with van der Waals surface area (Å²) < 4.78 is 18.5. The minimum Gasteiger partial charge on any atom is -0.373 e. The van der Waals surface area contributed by atoms with Crippen LogP contribution in [0.4, 0.5) is 0 Å². The molecule has 0 saturated heterocycles. The van der Waals surface area contributed by atoms with Crippen LogP contribution in [0.2, 0.25) is 6.04 Å². The third-order valence-electron chi connectivity index (χ3n) is 3.79. The van der Waals surface area contributed by atoms with Crippen molar-refractivity contribution in [2.24, 2.45) is 0 Å². The van der Waals surface area contributed by atoms with Gasteiger partial charge in [-0.15, -0.1) is 0 Å². The summed E-state index contributed by atoms with van der Waals surface area (Å²) in [7, 11) is -2.68. The normalized spacial score (nSPS) is 11.5. The fraction of sp³-hybridized carbons (Fsp3) is 0.842. The fourth-order valence-electron chi connectivity index (χ4n) is 2.12. The third kappa shape index (κ3) is 12.3. The van der Waals surface area contributed by atoms with Gasteiger partial charge in [0.05, 0.1) is 0 Å². The fourth-order valence-corrected chi connectivity index (χ4v) is 4.77. The van der Waals surface area contributed by atoms with Crippen molar-refractivity contribution >= 4 is 14.7 Å². The summed E-state index contributed by atoms with van der Waals surface area (Å²) in [5.41, 5.74) is 0.529. The lowest BCUT2D eigenvalue weighted by molar-refractivity contribution is -0.117. The molecule has 0 unspecified atom stereocenters. The molecular weight excluding hydrogens is 334 g/mol. The Bertz CT molecular complexity index is 337. The first-order valence-electron chi connectivity index (χ1n) is 9.86. The first-order chi connectivity index (χ1) is 12.0. The number of nitrogens with one attached hydrogen (secondary N) is 1. The molecule has 0 saturated carbocycles. The summed E-state index contributed by atoms with van der Waals surface area (Å²) >= 11 is 0. The van der Waals surface area contributed by atoms with Gasteiger partial charge in [0.2, 0.25) is 5.91 Å². The molecule has 0 atom stereocenters. The molecule has 1 N–H and O–H groups in total. The van der Waals surface area contributed by atoms with E-state index in [4.69, 9.17) is 13.3 Å². The van der Waals surface area contributed by atoms with Crippen LogP contribution in [0.5, 0.6) is 0 Å². The highest BCUT2D eigenvalue weighted by atomic mass is 28.4. The maximum Gasteiger partial charge on any atom is 0.501 e. The third-order valence-corrected chi connectivity index (χ3v) is 6.69. The Morgan fingerprint density at radius 3 is 1.68 bits per heavy atom. The van der Waals surface area contributed by atoms with Crippen LogP contribution in [0.15, 0.2) is 12.2 Å². The number of amides is 1. The molecule has 0 heterocycles. The molecule has 0 aromatic carbocycles. The van der Waals surface area contributed by atoms with Crippen LogP contribution in [0.1, 0.15) is 72.6 Å². The highest BCUT2D eigenvalue weighted by molar-refractivity contribution is 6.60. The van der Waals surface area contributed by atoms with Gasteiger partial charge in [-0.3, -0.25) is 4.79 Å². The summed E-state index contributed by atoms with van der Waals surface area (Å²) in [4.78, 5) is 11.6. The van der Waals surface area contributed by atoms with Gasteiger partial charge in [-0.2, -0.15) is 0 Å². The van der Waals surface area contributed by atoms with E-state index in [9.17, 15) is 4.79 Å². The average molecular weight is 374 g/mol. The molecule has 0 rings (SSSR count). The lowest BCUT2D eigenvalue weighted by atomic mass is 10.3. The predicted octanol–water partition coefficient (Wildman–Crippen LogP) is 4.46. The number of carbonyl (C=O) groups is 1. The molecule has 148 valence electrons. The first-order valence-corrected chi connectivity index (χ1v) is 11.8. The monoisotopic (exact) mass is 373 g/mol. The zero-order valence-electron chi connectivity index (χ0n) is 16.8. The number of hydrogen-bond donors (Lipinski definition) is 1. The summed E-state index contributed by atoms with van der Waals surface area (Å²) in [6, 6.07) is 0.737. The van der Waals surface area contributed by atoms with Crippen LogP contribution < -0.4 is 5.32 Å². The number of carbonyl (C=O) groups excluding carboxylic acids is 1. The molecule has 25 heavy (non-hydrogen) atoms. The van der Waals surface area contributed by atoms with Crippen LogP contribution in [-0.4, -0.2) is 41.1 Å². The van der Waals surface area contributed by atoms with Gasteiger partial charge in [-0.1, -0.05) is 46.6 Å². The Morgan fingerprint density at radius 2 is 1.32 bits per heavy atom. The smallest absolute Gasteiger partial charge is 0.373 e. The second-order valence-electron chi connectivity index (χ2n) is 6.43. The van der Waals surface area contributed by atoms with Gasteiger partial charge in [0.1, 0.15) is 0 Å². The van der Waals surface area contributed by atoms with Gasteiger partial charge >= 0.3 is 8.80 Å². The van der Waals surface area contributed by atoms with E-state index in [2.05, 4.69) is 32.7 Å². The topological polar surface area (TPSA) is 56.8 Å². The van der Waals surface area contributed by atoms with Gasteiger partial charge in [0, 0.05) is 38.0 Å². The molecule has 5 nitrogen and oxygen atoms in total. The SMILES string of the molecule is C=C(C)C(=O)NCCC[Si](OCCCC)(OCCCC)OCCCC. The van der Waals surface area contributed by atoms with Crippen LogP contribution in [-0.2, 0) is 18.1 Å². The second kappa shape index (κ2) is 15.6. The zero-order valence-corrected chi connectivity index (χ0v) is 17.8. The van der Waals surface area contributed by atoms with E-state index in [1.54, 1.807) is 6.92 Å². The van der Waals surface area contributed by atoms with E-state index >= 15 is 0 Å². The molecule has 1 amide bonds. The lowest BCUT2D eigenvalue weighted by Gasteiger charge is -2.30. The van der Waals surface area contributed by atoms with Crippen LogP contribution in [0, 0.1) is 0 Å². The van der Waals surface area contributed by atoms with Gasteiger partial charge < -0.3 is 18.6 Å². The number of rotatable bonds is 17. The molecule has 0 fully saturated rings. The second-order valence-corrected chi connectivity index (χ2v) is 9.16. The van der Waals surface area contributed by atoms with E-state index in [0.29, 0.717) is 31.9 Å². The Morgan fingerprint density at radius 1 is 0.880 bits per heavy atom. The Labute approximate surface area is 155 Å². The Hall–Kier alpha value is -0.693. The Balaban J connectivity index is 4.68. The summed E-state index contributed by atoms with van der Waals surface area (Å²) in [5, 5.41) is 2.87. The lowest BCUT2D eigenvalue weighted by Crippen LogP contribution is -2.47. The zero-order chi connectivity index (χ0) is 19.0. The molecule has 0 aliphatic rings. The predicted molar refractivity (Wildman–Crippen MR) is 106 cm³/mol. The van der Waals surface area contributed by atoms with Crippen molar-refractivity contribution in [3.8, 4) is 0 Å². The molecular formula is C19H39NO4Si. The summed E-state index contributed by atoms with van der Waals surface area (Å²) in [6.07, 6.45) is 7.07. The molecule has 0 radical (unpaired) electrons. The van der Waals surface area contributed by atoms with Crippen LogP contribution in [0.3, 0.4) is 0 Å². The highest BCUT2D eigenvalue weighted by Crippen LogP contribution is 2.20. The van der Waals surface area contributed by atoms with Gasteiger partial charge in [-0.05, 0) is 32.6 Å². The molecule has 6 heteroatoms. The van der Waals surface area contributed by atoms with Crippen molar-refractivity contribution in [1.82, 2.24) is 5.32 Å². The number of unbranched alkanes of at least 4 members (excludes halogenated alkanes) is 3. The van der Waals surface area contributed by atoms with E-state index in [-0.39, 0.29) is 5.91 Å². The molecule has 0 spiro atoms. The largest absolute Gasteiger partial charge is 0.501 e. The average Bonchev–Trinajstić information content (AvgIpc) is 2.59. The molecule has 0 aliphatic heterocycles. The molecule has 0 aromatic rings. The Kier molecular flexibility index (Phi) is 15.1. The highest BCUT2D eigenvalue weighted by Gasteiger charge is 2.40. The molecule has 0 bridgehead atoms. The van der Waals surface area contributed by atoms with Gasteiger partial charge in [0.15, 0.2) is 0 Å². The van der Waals surface area contributed by atoms with Crippen LogP contribution in [0.25, 0.3) is 0 Å². The van der Waals surface area contributed by atoms with E-state index in [1.807, 2.05) is 0 Å². The maximum absolute atomic E-state index is 11.6. The quantitative estimate of drug-likeness (QED) is 0.232. The van der Waals surface area contributed by atoms with Crippen LogP contribution >= 0.6 is 0 Å². The minimum absolute atomic E-state index is 0.0991. The standard InChI is InChI=1S/C19H39NO4Si/c1-6-9-14-22-25(23-15-10-7-2,24-16-11-8-3)17-12-13-20-19(21)18(4)5/h4,6-17H2,1-3,5H3,(H,20,21). The van der Waals surface area contributed by atoms with Gasteiger partial charge in [0.25, 0.3) is 0 Å². The minimum atomic E-state index is -2.68. The van der Waals surface area contributed by atoms with Crippen molar-refractivity contribution in [3.63, 3.8) is 0 Å². The van der Waals surface area contributed by atoms with Crippen molar-refractivity contribution < 1.29 is 18.1 Å². The van der Waals surface area contributed by atoms with Crippen molar-refractivity contribution in [2.45, 2.75) is 78.7 Å². The summed E-state index contributed by atoms with van der Waals surface area (Å²) in [6.45, 7) is 14.4. The number of hydrogen-bond acceptors (Lipinski definition) is 4. The van der Waals surface area contributed by atoms with Crippen molar-refractivity contribution in [3.05, 3.63) is 12.2 Å². The van der Waals surface area contributed by atoms with Crippen molar-refractivity contribution in [2.75, 3.05) is 26.4 Å². The van der Waals surface area contributed by atoms with E-state index in [1.165, 1.54) is 0 Å². The van der Waals surface area contributed by atoms with Crippen molar-refractivity contribution in [1.29, 1.82) is 0 Å². The van der Waals surface area contributed by atoms with E-state index < -0.39 is 8.80 Å². The summed E-state index contributed by atoms with van der Waals surface area (Å²) in [5.74, 6) is -0.0991. The molecule has 0 aromatic heterocycles. The molecule has 0 aliphatic carbocycles. The first kappa shape index (κ1) is 24.3. The maximum atomic E-state index is 11.6. The van der Waals surface area contributed by atoms with E-state index in [0.717, 1.165) is 51.0 Å². The van der Waals surface area contributed by atoms with Gasteiger partial charge in [-0.25, -0.2) is 0 Å².